The first-order valence-electron chi connectivity index (χ1n) is 6.30. The van der Waals surface area contributed by atoms with Crippen molar-refractivity contribution in [1.82, 2.24) is 9.80 Å². The summed E-state index contributed by atoms with van der Waals surface area (Å²) in [6.07, 6.45) is -5.38. The molecule has 0 spiro atoms. The maximum absolute atomic E-state index is 12.2. The third-order valence-electron chi connectivity index (χ3n) is 3.28. The molecule has 2 rings (SSSR count). The van der Waals surface area contributed by atoms with E-state index < -0.39 is 30.7 Å². The van der Waals surface area contributed by atoms with Gasteiger partial charge in [-0.2, -0.15) is 13.2 Å². The van der Waals surface area contributed by atoms with Crippen LogP contribution in [-0.4, -0.2) is 77.5 Å². The first kappa shape index (κ1) is 15.5. The summed E-state index contributed by atoms with van der Waals surface area (Å²) in [6, 6.07) is 0. The number of hydrogen-bond acceptors (Lipinski definition) is 5. The van der Waals surface area contributed by atoms with Crippen LogP contribution in [0.1, 0.15) is 6.42 Å². The molecular weight excluding hydrogens is 295 g/mol. The quantitative estimate of drug-likeness (QED) is 0.788. The van der Waals surface area contributed by atoms with E-state index in [0.717, 1.165) is 0 Å². The minimum absolute atomic E-state index is 0.116. The second-order valence-electron chi connectivity index (χ2n) is 4.86. The zero-order valence-corrected chi connectivity index (χ0v) is 11.0. The van der Waals surface area contributed by atoms with Crippen LogP contribution in [-0.2, 0) is 14.4 Å². The number of nitrogens with zero attached hydrogens (tertiary/aromatic N) is 3. The van der Waals surface area contributed by atoms with E-state index in [1.165, 1.54) is 9.80 Å². The van der Waals surface area contributed by atoms with Crippen molar-refractivity contribution in [2.45, 2.75) is 18.7 Å². The minimum Gasteiger partial charge on any atom is -0.477 e. The van der Waals surface area contributed by atoms with Crippen molar-refractivity contribution in [2.75, 3.05) is 32.7 Å². The van der Waals surface area contributed by atoms with Gasteiger partial charge in [-0.3, -0.25) is 9.69 Å². The van der Waals surface area contributed by atoms with Gasteiger partial charge >= 0.3 is 12.1 Å². The number of carboxylic acids is 1. The van der Waals surface area contributed by atoms with Crippen LogP contribution in [0.2, 0.25) is 0 Å². The molecule has 0 aromatic heterocycles. The van der Waals surface area contributed by atoms with Gasteiger partial charge in [0.1, 0.15) is 0 Å². The second kappa shape index (κ2) is 5.88. The fourth-order valence-electron chi connectivity index (χ4n) is 2.22. The Labute approximate surface area is 117 Å². The maximum Gasteiger partial charge on any atom is 0.401 e. The Bertz CT molecular complexity index is 458. The van der Waals surface area contributed by atoms with Crippen molar-refractivity contribution >= 4 is 17.6 Å². The number of aliphatic carboxylic acids is 1. The first-order chi connectivity index (χ1) is 9.76. The predicted octanol–water partition coefficient (Wildman–Crippen LogP) is -0.0776. The Morgan fingerprint density at radius 2 is 1.90 bits per heavy atom. The van der Waals surface area contributed by atoms with Gasteiger partial charge in [0.25, 0.3) is 5.91 Å². The Hall–Kier alpha value is -1.84. The number of hydrogen-bond donors (Lipinski definition) is 1. The largest absolute Gasteiger partial charge is 0.477 e. The lowest BCUT2D eigenvalue weighted by Gasteiger charge is -2.35. The van der Waals surface area contributed by atoms with Gasteiger partial charge in [-0.1, -0.05) is 5.16 Å². The summed E-state index contributed by atoms with van der Waals surface area (Å²) in [4.78, 5) is 30.1. The van der Waals surface area contributed by atoms with Crippen LogP contribution in [0, 0.1) is 0 Å². The number of carbonyl (C=O) groups excluding carboxylic acids is 1. The third kappa shape index (κ3) is 4.06. The molecule has 0 aliphatic carbocycles. The van der Waals surface area contributed by atoms with E-state index in [-0.39, 0.29) is 38.3 Å². The van der Waals surface area contributed by atoms with Crippen LogP contribution in [0.15, 0.2) is 5.16 Å². The van der Waals surface area contributed by atoms with Gasteiger partial charge in [0.15, 0.2) is 5.71 Å². The van der Waals surface area contributed by atoms with Crippen molar-refractivity contribution < 1.29 is 32.7 Å². The van der Waals surface area contributed by atoms with Crippen molar-refractivity contribution in [3.05, 3.63) is 0 Å². The van der Waals surface area contributed by atoms with E-state index >= 15 is 0 Å². The van der Waals surface area contributed by atoms with Gasteiger partial charge < -0.3 is 14.8 Å². The summed E-state index contributed by atoms with van der Waals surface area (Å²) in [7, 11) is 0. The smallest absolute Gasteiger partial charge is 0.401 e. The molecule has 1 unspecified atom stereocenters. The topological polar surface area (TPSA) is 82.4 Å². The number of oxime groups is 1. The van der Waals surface area contributed by atoms with Gasteiger partial charge in [0, 0.05) is 32.6 Å². The van der Waals surface area contributed by atoms with E-state index in [4.69, 9.17) is 9.94 Å². The van der Waals surface area contributed by atoms with Gasteiger partial charge in [0.05, 0.1) is 6.54 Å². The highest BCUT2D eigenvalue weighted by atomic mass is 19.4. The molecule has 1 N–H and O–H groups in total. The number of halogens is 3. The highest BCUT2D eigenvalue weighted by Gasteiger charge is 2.37. The summed E-state index contributed by atoms with van der Waals surface area (Å²) in [5.74, 6) is -1.69. The fraction of sp³-hybridized carbons (Fsp3) is 0.727. The Kier molecular flexibility index (Phi) is 4.35. The fourth-order valence-corrected chi connectivity index (χ4v) is 2.22. The molecule has 0 aromatic carbocycles. The third-order valence-corrected chi connectivity index (χ3v) is 3.28. The van der Waals surface area contributed by atoms with Crippen LogP contribution in [0.25, 0.3) is 0 Å². The van der Waals surface area contributed by atoms with Crippen molar-refractivity contribution in [1.29, 1.82) is 0 Å². The van der Waals surface area contributed by atoms with Crippen LogP contribution in [0.5, 0.6) is 0 Å². The van der Waals surface area contributed by atoms with Crippen molar-refractivity contribution in [3.63, 3.8) is 0 Å². The summed E-state index contributed by atoms with van der Waals surface area (Å²) < 4.78 is 36.7. The van der Waals surface area contributed by atoms with E-state index in [9.17, 15) is 22.8 Å². The predicted molar refractivity (Wildman–Crippen MR) is 63.6 cm³/mol. The summed E-state index contributed by atoms with van der Waals surface area (Å²) >= 11 is 0. The first-order valence-corrected chi connectivity index (χ1v) is 6.30. The molecule has 0 bridgehead atoms. The molecule has 0 aromatic rings. The molecule has 1 atom stereocenters. The van der Waals surface area contributed by atoms with Gasteiger partial charge in [-0.05, 0) is 0 Å². The zero-order valence-electron chi connectivity index (χ0n) is 11.0. The highest BCUT2D eigenvalue weighted by Crippen LogP contribution is 2.19. The lowest BCUT2D eigenvalue weighted by atomic mass is 10.1. The van der Waals surface area contributed by atoms with E-state index in [2.05, 4.69) is 5.16 Å². The SMILES string of the molecule is O=C(O)C1=NOC(C(=O)N2CCN(CC(F)(F)F)CC2)C1. The molecule has 10 heteroatoms. The number of amides is 1. The van der Waals surface area contributed by atoms with E-state index in [1.54, 1.807) is 0 Å². The monoisotopic (exact) mass is 309 g/mol. The zero-order chi connectivity index (χ0) is 15.6. The van der Waals surface area contributed by atoms with Crippen LogP contribution >= 0.6 is 0 Å². The molecule has 2 heterocycles. The van der Waals surface area contributed by atoms with E-state index in [0.29, 0.717) is 0 Å². The molecule has 1 fully saturated rings. The van der Waals surface area contributed by atoms with Crippen molar-refractivity contribution in [2.24, 2.45) is 5.16 Å². The summed E-state index contributed by atoms with van der Waals surface area (Å²) in [5, 5.41) is 12.0. The molecule has 2 aliphatic rings. The Balaban J connectivity index is 1.80. The number of piperazine rings is 1. The molecule has 7 nitrogen and oxygen atoms in total. The molecule has 1 saturated heterocycles. The lowest BCUT2D eigenvalue weighted by molar-refractivity contribution is -0.154. The number of alkyl halides is 3. The molecule has 118 valence electrons. The average Bonchev–Trinajstić information content (AvgIpc) is 2.86. The lowest BCUT2D eigenvalue weighted by Crippen LogP contribution is -2.53. The van der Waals surface area contributed by atoms with Crippen molar-refractivity contribution in [3.8, 4) is 0 Å². The van der Waals surface area contributed by atoms with Crippen LogP contribution in [0.3, 0.4) is 0 Å². The summed E-state index contributed by atoms with van der Waals surface area (Å²) in [5.41, 5.74) is -0.232. The number of rotatable bonds is 3. The number of carboxylic acid groups (broad SMARTS) is 1. The highest BCUT2D eigenvalue weighted by molar-refractivity contribution is 6.36. The summed E-state index contributed by atoms with van der Waals surface area (Å²) in [6.45, 7) is -0.467. The standard InChI is InChI=1S/C11H14F3N3O4/c12-11(13,14)6-16-1-3-17(4-2-16)9(18)8-5-7(10(19)20)15-21-8/h8H,1-6H2,(H,19,20). The molecular formula is C11H14F3N3O4. The van der Waals surface area contributed by atoms with Crippen LogP contribution in [0.4, 0.5) is 13.2 Å². The van der Waals surface area contributed by atoms with Gasteiger partial charge in [-0.15, -0.1) is 0 Å². The molecule has 21 heavy (non-hydrogen) atoms. The average molecular weight is 309 g/mol. The second-order valence-corrected chi connectivity index (χ2v) is 4.86. The van der Waals surface area contributed by atoms with E-state index in [1.807, 2.05) is 0 Å². The molecule has 0 saturated carbocycles. The normalized spacial score (nSPS) is 23.7. The maximum atomic E-state index is 12.2. The van der Waals surface area contributed by atoms with Crippen LogP contribution < -0.4 is 0 Å². The number of carbonyl (C=O) groups is 2. The molecule has 0 radical (unpaired) electrons. The minimum atomic E-state index is -4.26. The molecule has 1 amide bonds. The Morgan fingerprint density at radius 1 is 1.29 bits per heavy atom. The van der Waals surface area contributed by atoms with Gasteiger partial charge in [-0.25, -0.2) is 4.79 Å². The molecule has 2 aliphatic heterocycles. The van der Waals surface area contributed by atoms with Gasteiger partial charge in [0.2, 0.25) is 6.10 Å². The Morgan fingerprint density at radius 3 is 2.38 bits per heavy atom.